The van der Waals surface area contributed by atoms with Crippen molar-refractivity contribution in [1.29, 1.82) is 0 Å². The van der Waals surface area contributed by atoms with Crippen molar-refractivity contribution in [3.63, 3.8) is 0 Å². The third kappa shape index (κ3) is 9.86. The van der Waals surface area contributed by atoms with Gasteiger partial charge in [-0.25, -0.2) is 9.97 Å². The lowest BCUT2D eigenvalue weighted by Crippen LogP contribution is -2.52. The predicted octanol–water partition coefficient (Wildman–Crippen LogP) is 4.38. The van der Waals surface area contributed by atoms with Gasteiger partial charge in [-0.15, -0.1) is 0 Å². The molecule has 3 saturated heterocycles. The molecule has 2 aromatic carbocycles. The molecule has 264 valence electrons. The molecule has 3 fully saturated rings. The summed E-state index contributed by atoms with van der Waals surface area (Å²) in [5.74, 6) is 1.35. The summed E-state index contributed by atoms with van der Waals surface area (Å²) in [5, 5.41) is 1.27. The molecule has 0 bridgehead atoms. The van der Waals surface area contributed by atoms with Crippen LogP contribution in [0.1, 0.15) is 42.9 Å². The first-order chi connectivity index (χ1) is 23.6. The van der Waals surface area contributed by atoms with Gasteiger partial charge >= 0.3 is 0 Å². The molecule has 4 heterocycles. The maximum Gasteiger partial charge on any atom is 0.222 e. The molecule has 6 rings (SSSR count). The van der Waals surface area contributed by atoms with E-state index in [4.69, 9.17) is 23.1 Å². The van der Waals surface area contributed by atoms with Crippen molar-refractivity contribution in [2.45, 2.75) is 61.5 Å². The number of piperazine rings is 2. The molecule has 0 unspecified atom stereocenters. The summed E-state index contributed by atoms with van der Waals surface area (Å²) in [6.07, 6.45) is 4.62. The van der Waals surface area contributed by atoms with E-state index in [1.165, 1.54) is 22.9 Å². The molecule has 12 heteroatoms. The van der Waals surface area contributed by atoms with Crippen molar-refractivity contribution in [1.82, 2.24) is 29.6 Å². The van der Waals surface area contributed by atoms with E-state index in [2.05, 4.69) is 67.7 Å². The third-order valence-electron chi connectivity index (χ3n) is 10.3. The Morgan fingerprint density at radius 2 is 1.53 bits per heavy atom. The summed E-state index contributed by atoms with van der Waals surface area (Å²) in [7, 11) is 0. The molecule has 0 aliphatic carbocycles. The quantitative estimate of drug-likeness (QED) is 0.298. The van der Waals surface area contributed by atoms with Gasteiger partial charge in [0.05, 0.1) is 11.2 Å². The second-order valence-electron chi connectivity index (χ2n) is 14.2. The Kier molecular flexibility index (Phi) is 12.0. The van der Waals surface area contributed by atoms with E-state index in [9.17, 15) is 4.79 Å². The number of piperidine rings is 1. The first kappa shape index (κ1) is 35.9. The van der Waals surface area contributed by atoms with Gasteiger partial charge < -0.3 is 21.3 Å². The average Bonchev–Trinajstić information content (AvgIpc) is 3.10. The van der Waals surface area contributed by atoms with Crippen molar-refractivity contribution < 1.29 is 4.79 Å². The zero-order valence-electron chi connectivity index (χ0n) is 29.1. The minimum atomic E-state index is -0.133. The van der Waals surface area contributed by atoms with Crippen molar-refractivity contribution >= 4 is 40.9 Å². The largest absolute Gasteiger partial charge is 0.381 e. The molecule has 10 nitrogen and oxygen atoms in total. The van der Waals surface area contributed by atoms with E-state index < -0.39 is 0 Å². The first-order valence-corrected chi connectivity index (χ1v) is 18.9. The SMILES string of the molecule is Cc1ccc(CN2CCN(CCN3CCN(C(=O)CCc4cccc(Sc5ncc(N6CCC(C)(N)CC6)nc5N)c4Cl)CC3)CC2)cc1. The molecule has 0 spiro atoms. The van der Waals surface area contributed by atoms with E-state index in [1.54, 1.807) is 6.20 Å². The number of hydrogen-bond acceptors (Lipinski definition) is 10. The van der Waals surface area contributed by atoms with Gasteiger partial charge in [0, 0.05) is 102 Å². The highest BCUT2D eigenvalue weighted by atomic mass is 35.5. The van der Waals surface area contributed by atoms with E-state index in [1.807, 2.05) is 23.1 Å². The van der Waals surface area contributed by atoms with E-state index >= 15 is 0 Å². The van der Waals surface area contributed by atoms with Crippen LogP contribution in [0.15, 0.2) is 58.6 Å². The Labute approximate surface area is 301 Å². The number of rotatable bonds is 11. The first-order valence-electron chi connectivity index (χ1n) is 17.7. The Morgan fingerprint density at radius 1 is 0.898 bits per heavy atom. The van der Waals surface area contributed by atoms with Crippen LogP contribution in [-0.4, -0.2) is 120 Å². The van der Waals surface area contributed by atoms with E-state index in [0.29, 0.717) is 28.7 Å². The number of nitrogens with two attached hydrogens (primary N) is 2. The van der Waals surface area contributed by atoms with Gasteiger partial charge in [0.25, 0.3) is 0 Å². The predicted molar refractivity (Wildman–Crippen MR) is 200 cm³/mol. The highest BCUT2D eigenvalue weighted by Crippen LogP contribution is 2.37. The molecular formula is C37H52ClN9OS. The Morgan fingerprint density at radius 3 is 2.18 bits per heavy atom. The third-order valence-corrected chi connectivity index (χ3v) is 11.9. The summed E-state index contributed by atoms with van der Waals surface area (Å²) >= 11 is 8.27. The van der Waals surface area contributed by atoms with Crippen LogP contribution in [0.5, 0.6) is 0 Å². The van der Waals surface area contributed by atoms with Gasteiger partial charge in [0.1, 0.15) is 10.8 Å². The number of benzene rings is 2. The molecule has 1 aromatic heterocycles. The van der Waals surface area contributed by atoms with Gasteiger partial charge in [-0.2, -0.15) is 0 Å². The van der Waals surface area contributed by atoms with E-state index in [-0.39, 0.29) is 11.4 Å². The number of nitrogens with zero attached hydrogens (tertiary/aromatic N) is 7. The Hall–Kier alpha value is -2.93. The van der Waals surface area contributed by atoms with Crippen molar-refractivity contribution in [2.24, 2.45) is 5.73 Å². The fourth-order valence-electron chi connectivity index (χ4n) is 6.82. The molecule has 0 saturated carbocycles. The molecule has 1 amide bonds. The van der Waals surface area contributed by atoms with Crippen molar-refractivity contribution in [3.8, 4) is 0 Å². The van der Waals surface area contributed by atoms with Crippen LogP contribution in [0, 0.1) is 6.92 Å². The molecule has 3 aromatic rings. The van der Waals surface area contributed by atoms with E-state index in [0.717, 1.165) is 114 Å². The maximum atomic E-state index is 13.2. The minimum Gasteiger partial charge on any atom is -0.381 e. The molecule has 3 aliphatic rings. The zero-order chi connectivity index (χ0) is 34.4. The molecule has 0 radical (unpaired) electrons. The number of nitrogen functional groups attached to an aromatic ring is 1. The van der Waals surface area contributed by atoms with Crippen LogP contribution in [0.4, 0.5) is 11.6 Å². The summed E-state index contributed by atoms with van der Waals surface area (Å²) in [6, 6.07) is 14.8. The topological polar surface area (TPSA) is 111 Å². The number of anilines is 2. The van der Waals surface area contributed by atoms with Gasteiger partial charge in [0.2, 0.25) is 5.91 Å². The van der Waals surface area contributed by atoms with Crippen LogP contribution >= 0.6 is 23.4 Å². The van der Waals surface area contributed by atoms with Crippen LogP contribution in [0.2, 0.25) is 5.02 Å². The summed E-state index contributed by atoms with van der Waals surface area (Å²) in [5.41, 5.74) is 16.2. The molecule has 3 aliphatic heterocycles. The van der Waals surface area contributed by atoms with Crippen LogP contribution in [-0.2, 0) is 17.8 Å². The Balaban J connectivity index is 0.907. The van der Waals surface area contributed by atoms with Crippen LogP contribution in [0.3, 0.4) is 0 Å². The second-order valence-corrected chi connectivity index (χ2v) is 15.6. The lowest BCUT2D eigenvalue weighted by Gasteiger charge is -2.38. The number of halogens is 1. The van der Waals surface area contributed by atoms with Gasteiger partial charge in [-0.05, 0) is 50.3 Å². The lowest BCUT2D eigenvalue weighted by molar-refractivity contribution is -0.132. The number of amides is 1. The fourth-order valence-corrected chi connectivity index (χ4v) is 7.99. The summed E-state index contributed by atoms with van der Waals surface area (Å²) in [4.78, 5) is 35.2. The van der Waals surface area contributed by atoms with Crippen LogP contribution < -0.4 is 16.4 Å². The number of carbonyl (C=O) groups excluding carboxylic acids is 1. The number of hydrogen-bond donors (Lipinski definition) is 2. The van der Waals surface area contributed by atoms with Crippen molar-refractivity contribution in [2.75, 3.05) is 89.2 Å². The minimum absolute atomic E-state index is 0.133. The van der Waals surface area contributed by atoms with Gasteiger partial charge in [-0.1, -0.05) is 65.3 Å². The fraction of sp³-hybridized carbons (Fsp3) is 0.541. The number of aromatic nitrogens is 2. The lowest BCUT2D eigenvalue weighted by atomic mass is 9.91. The smallest absolute Gasteiger partial charge is 0.222 e. The number of carbonyl (C=O) groups is 1. The second kappa shape index (κ2) is 16.4. The van der Waals surface area contributed by atoms with Crippen LogP contribution in [0.25, 0.3) is 0 Å². The zero-order valence-corrected chi connectivity index (χ0v) is 30.7. The summed E-state index contributed by atoms with van der Waals surface area (Å²) < 4.78 is 0. The molecular weight excluding hydrogens is 654 g/mol. The van der Waals surface area contributed by atoms with Gasteiger partial charge in [-0.3, -0.25) is 19.5 Å². The number of aryl methyl sites for hydroxylation is 2. The maximum absolute atomic E-state index is 13.2. The average molecular weight is 706 g/mol. The highest BCUT2D eigenvalue weighted by Gasteiger charge is 2.27. The normalized spacial score (nSPS) is 19.3. The highest BCUT2D eigenvalue weighted by molar-refractivity contribution is 7.99. The van der Waals surface area contributed by atoms with Gasteiger partial charge in [0.15, 0.2) is 5.82 Å². The monoisotopic (exact) mass is 705 g/mol. The Bertz CT molecular complexity index is 1550. The standard InChI is InChI=1S/C37H52ClN9OS/c1-28-6-8-29(9-7-28)27-45-20-18-43(19-21-45)16-17-44-22-24-47(25-23-44)33(48)11-10-30-4-3-5-31(34(30)38)49-36-35(39)42-32(26-41-36)46-14-12-37(2,40)13-15-46/h3-9,26H,10-25,27,40H2,1-2H3,(H2,39,42). The summed E-state index contributed by atoms with van der Waals surface area (Å²) in [6.45, 7) is 17.0. The molecule has 49 heavy (non-hydrogen) atoms. The van der Waals surface area contributed by atoms with Crippen molar-refractivity contribution in [3.05, 3.63) is 70.4 Å². The molecule has 0 atom stereocenters. The molecule has 4 N–H and O–H groups in total.